The highest BCUT2D eigenvalue weighted by Gasteiger charge is 2.02. The van der Waals surface area contributed by atoms with E-state index in [0.717, 1.165) is 23.7 Å². The molecule has 0 saturated heterocycles. The van der Waals surface area contributed by atoms with E-state index in [4.69, 9.17) is 16.3 Å². The Bertz CT molecular complexity index is 430. The minimum absolute atomic E-state index is 0.125. The van der Waals surface area contributed by atoms with Gasteiger partial charge in [0.05, 0.1) is 11.6 Å². The topological polar surface area (TPSA) is 50.4 Å². The van der Waals surface area contributed by atoms with Crippen molar-refractivity contribution in [3.05, 3.63) is 27.7 Å². The second-order valence-electron chi connectivity index (χ2n) is 4.31. The maximum atomic E-state index is 11.4. The first kappa shape index (κ1) is 17.1. The van der Waals surface area contributed by atoms with Crippen molar-refractivity contribution in [1.29, 1.82) is 0 Å². The standard InChI is InChI=1S/C14H20BrClN2O2/c1-2-3-7-17-14(19)18-8-4-9-20-13-6-5-11(15)10-12(13)16/h5-6,10H,2-4,7-9H2,1H3,(H2,17,18,19). The molecule has 2 amide bonds. The van der Waals surface area contributed by atoms with Gasteiger partial charge in [-0.15, -0.1) is 0 Å². The Labute approximate surface area is 133 Å². The summed E-state index contributed by atoms with van der Waals surface area (Å²) >= 11 is 9.37. The van der Waals surface area contributed by atoms with Crippen LogP contribution in [0.4, 0.5) is 4.79 Å². The molecule has 0 bridgehead atoms. The van der Waals surface area contributed by atoms with E-state index >= 15 is 0 Å². The number of amides is 2. The van der Waals surface area contributed by atoms with Crippen molar-refractivity contribution in [2.75, 3.05) is 19.7 Å². The van der Waals surface area contributed by atoms with Gasteiger partial charge in [0.15, 0.2) is 0 Å². The molecule has 1 rings (SSSR count). The van der Waals surface area contributed by atoms with Crippen molar-refractivity contribution in [2.24, 2.45) is 0 Å². The second-order valence-corrected chi connectivity index (χ2v) is 5.64. The molecule has 1 aromatic rings. The van der Waals surface area contributed by atoms with Crippen molar-refractivity contribution < 1.29 is 9.53 Å². The van der Waals surface area contributed by atoms with Gasteiger partial charge in [-0.25, -0.2) is 4.79 Å². The number of carbonyl (C=O) groups is 1. The Morgan fingerprint density at radius 2 is 2.00 bits per heavy atom. The monoisotopic (exact) mass is 362 g/mol. The number of carbonyl (C=O) groups excluding carboxylic acids is 1. The van der Waals surface area contributed by atoms with Gasteiger partial charge in [0.1, 0.15) is 5.75 Å². The summed E-state index contributed by atoms with van der Waals surface area (Å²) in [5.74, 6) is 0.655. The first-order valence-electron chi connectivity index (χ1n) is 6.73. The van der Waals surface area contributed by atoms with Crippen LogP contribution in [0.3, 0.4) is 0 Å². The lowest BCUT2D eigenvalue weighted by molar-refractivity contribution is 0.239. The van der Waals surface area contributed by atoms with Crippen LogP contribution in [-0.2, 0) is 0 Å². The van der Waals surface area contributed by atoms with E-state index in [1.807, 2.05) is 12.1 Å². The fourth-order valence-electron chi connectivity index (χ4n) is 1.49. The van der Waals surface area contributed by atoms with Crippen LogP contribution >= 0.6 is 27.5 Å². The van der Waals surface area contributed by atoms with E-state index in [0.29, 0.717) is 30.5 Å². The van der Waals surface area contributed by atoms with E-state index in [1.165, 1.54) is 0 Å². The highest BCUT2D eigenvalue weighted by molar-refractivity contribution is 9.10. The zero-order chi connectivity index (χ0) is 14.8. The third-order valence-corrected chi connectivity index (χ3v) is 3.36. The summed E-state index contributed by atoms with van der Waals surface area (Å²) in [7, 11) is 0. The average Bonchev–Trinajstić information content (AvgIpc) is 2.41. The summed E-state index contributed by atoms with van der Waals surface area (Å²) in [4.78, 5) is 11.4. The highest BCUT2D eigenvalue weighted by atomic mass is 79.9. The third-order valence-electron chi connectivity index (χ3n) is 2.57. The van der Waals surface area contributed by atoms with Crippen molar-refractivity contribution in [1.82, 2.24) is 10.6 Å². The zero-order valence-electron chi connectivity index (χ0n) is 11.5. The van der Waals surface area contributed by atoms with Crippen LogP contribution in [0.2, 0.25) is 5.02 Å². The zero-order valence-corrected chi connectivity index (χ0v) is 13.9. The summed E-state index contributed by atoms with van der Waals surface area (Å²) < 4.78 is 6.46. The van der Waals surface area contributed by atoms with Gasteiger partial charge in [0, 0.05) is 17.6 Å². The van der Waals surface area contributed by atoms with E-state index < -0.39 is 0 Å². The maximum Gasteiger partial charge on any atom is 0.314 e. The van der Waals surface area contributed by atoms with Crippen LogP contribution in [0.25, 0.3) is 0 Å². The normalized spacial score (nSPS) is 10.2. The van der Waals surface area contributed by atoms with Crippen LogP contribution in [-0.4, -0.2) is 25.7 Å². The molecule has 112 valence electrons. The van der Waals surface area contributed by atoms with E-state index in [9.17, 15) is 4.79 Å². The van der Waals surface area contributed by atoms with Crippen molar-refractivity contribution >= 4 is 33.6 Å². The average molecular weight is 364 g/mol. The Morgan fingerprint density at radius 3 is 2.65 bits per heavy atom. The quantitative estimate of drug-likeness (QED) is 0.687. The number of ether oxygens (including phenoxy) is 1. The summed E-state index contributed by atoms with van der Waals surface area (Å²) in [6, 6.07) is 5.36. The van der Waals surface area contributed by atoms with Gasteiger partial charge in [-0.3, -0.25) is 0 Å². The molecule has 0 aliphatic carbocycles. The van der Waals surface area contributed by atoms with Gasteiger partial charge in [0.25, 0.3) is 0 Å². The molecule has 0 atom stereocenters. The predicted octanol–water partition coefficient (Wildman–Crippen LogP) is 3.97. The fourth-order valence-corrected chi connectivity index (χ4v) is 2.22. The molecule has 0 saturated carbocycles. The van der Waals surface area contributed by atoms with Gasteiger partial charge >= 0.3 is 6.03 Å². The molecule has 0 heterocycles. The van der Waals surface area contributed by atoms with E-state index in [2.05, 4.69) is 33.5 Å². The van der Waals surface area contributed by atoms with Gasteiger partial charge in [-0.2, -0.15) is 0 Å². The molecule has 0 aromatic heterocycles. The van der Waals surface area contributed by atoms with Crippen LogP contribution in [0, 0.1) is 0 Å². The third kappa shape index (κ3) is 7.01. The number of urea groups is 1. The Morgan fingerprint density at radius 1 is 1.30 bits per heavy atom. The number of nitrogens with one attached hydrogen (secondary N) is 2. The first-order valence-corrected chi connectivity index (χ1v) is 7.90. The van der Waals surface area contributed by atoms with Gasteiger partial charge < -0.3 is 15.4 Å². The van der Waals surface area contributed by atoms with Crippen molar-refractivity contribution in [3.63, 3.8) is 0 Å². The summed E-state index contributed by atoms with van der Waals surface area (Å²) in [5.41, 5.74) is 0. The van der Waals surface area contributed by atoms with Crippen LogP contribution in [0.15, 0.2) is 22.7 Å². The van der Waals surface area contributed by atoms with Gasteiger partial charge in [-0.1, -0.05) is 40.9 Å². The lowest BCUT2D eigenvalue weighted by Crippen LogP contribution is -2.36. The summed E-state index contributed by atoms with van der Waals surface area (Å²) in [6.07, 6.45) is 2.80. The first-order chi connectivity index (χ1) is 9.63. The Hall–Kier alpha value is -0.940. The van der Waals surface area contributed by atoms with Crippen molar-refractivity contribution in [3.8, 4) is 5.75 Å². The molecule has 0 radical (unpaired) electrons. The van der Waals surface area contributed by atoms with Crippen molar-refractivity contribution in [2.45, 2.75) is 26.2 Å². The molecule has 0 aliphatic rings. The minimum Gasteiger partial charge on any atom is -0.492 e. The maximum absolute atomic E-state index is 11.4. The summed E-state index contributed by atoms with van der Waals surface area (Å²) in [5, 5.41) is 6.15. The van der Waals surface area contributed by atoms with E-state index in [1.54, 1.807) is 6.07 Å². The van der Waals surface area contributed by atoms with Crippen LogP contribution < -0.4 is 15.4 Å². The minimum atomic E-state index is -0.125. The molecule has 1 aromatic carbocycles. The Balaban J connectivity index is 2.11. The Kier molecular flexibility index (Phi) is 8.46. The number of rotatable bonds is 8. The van der Waals surface area contributed by atoms with E-state index in [-0.39, 0.29) is 6.03 Å². The number of hydrogen-bond donors (Lipinski definition) is 2. The lowest BCUT2D eigenvalue weighted by Gasteiger charge is -2.09. The molecular formula is C14H20BrClN2O2. The van der Waals surface area contributed by atoms with Gasteiger partial charge in [0.2, 0.25) is 0 Å². The molecule has 6 heteroatoms. The van der Waals surface area contributed by atoms with Crippen LogP contribution in [0.1, 0.15) is 26.2 Å². The fraction of sp³-hybridized carbons (Fsp3) is 0.500. The molecule has 0 unspecified atom stereocenters. The molecule has 20 heavy (non-hydrogen) atoms. The van der Waals surface area contributed by atoms with Crippen LogP contribution in [0.5, 0.6) is 5.75 Å². The molecule has 2 N–H and O–H groups in total. The van der Waals surface area contributed by atoms with Gasteiger partial charge in [-0.05, 0) is 31.0 Å². The molecule has 0 spiro atoms. The molecule has 0 aliphatic heterocycles. The largest absolute Gasteiger partial charge is 0.492 e. The number of halogens is 2. The lowest BCUT2D eigenvalue weighted by atomic mass is 10.3. The number of benzene rings is 1. The molecule has 4 nitrogen and oxygen atoms in total. The number of hydrogen-bond acceptors (Lipinski definition) is 2. The number of unbranched alkanes of at least 4 members (excludes halogenated alkanes) is 1. The second kappa shape index (κ2) is 9.88. The smallest absolute Gasteiger partial charge is 0.314 e. The summed E-state index contributed by atoms with van der Waals surface area (Å²) in [6.45, 7) is 3.89. The highest BCUT2D eigenvalue weighted by Crippen LogP contribution is 2.27. The molecular weight excluding hydrogens is 344 g/mol. The molecule has 0 fully saturated rings. The predicted molar refractivity (Wildman–Crippen MR) is 85.6 cm³/mol. The SMILES string of the molecule is CCCCNC(=O)NCCCOc1ccc(Br)cc1Cl.